The summed E-state index contributed by atoms with van der Waals surface area (Å²) >= 11 is 0. The van der Waals surface area contributed by atoms with Gasteiger partial charge in [-0.25, -0.2) is 9.37 Å². The predicted octanol–water partition coefficient (Wildman–Crippen LogP) is 3.56. The second-order valence-corrected chi connectivity index (χ2v) is 4.77. The number of benzene rings is 2. The van der Waals surface area contributed by atoms with E-state index in [1.54, 1.807) is 25.1 Å². The summed E-state index contributed by atoms with van der Waals surface area (Å²) in [5.74, 6) is 0.446. The molecule has 3 rings (SSSR count). The van der Waals surface area contributed by atoms with Crippen LogP contribution < -0.4 is 0 Å². The number of aryl methyl sites for hydroxylation is 2. The van der Waals surface area contributed by atoms with E-state index >= 15 is 0 Å². The van der Waals surface area contributed by atoms with Crippen LogP contribution in [0.25, 0.3) is 22.4 Å². The van der Waals surface area contributed by atoms with Gasteiger partial charge in [0, 0.05) is 12.6 Å². The number of imidazole rings is 1. The average Bonchev–Trinajstić information content (AvgIpc) is 2.79. The number of rotatable bonds is 1. The molecule has 20 heavy (non-hydrogen) atoms. The quantitative estimate of drug-likeness (QED) is 0.675. The van der Waals surface area contributed by atoms with E-state index < -0.39 is 0 Å². The molecule has 0 atom stereocenters. The van der Waals surface area contributed by atoms with Gasteiger partial charge in [0.1, 0.15) is 11.6 Å². The van der Waals surface area contributed by atoms with Crippen LogP contribution in [0.2, 0.25) is 0 Å². The van der Waals surface area contributed by atoms with Crippen molar-refractivity contribution in [2.45, 2.75) is 6.92 Å². The van der Waals surface area contributed by atoms with Crippen LogP contribution in [-0.4, -0.2) is 9.55 Å². The van der Waals surface area contributed by atoms with Crippen molar-refractivity contribution in [3.05, 3.63) is 53.3 Å². The number of fused-ring (bicyclic) bond motifs is 1. The maximum Gasteiger partial charge on any atom is 0.140 e. The largest absolute Gasteiger partial charge is 0.327 e. The van der Waals surface area contributed by atoms with Crippen molar-refractivity contribution in [2.24, 2.45) is 7.05 Å². The molecule has 4 heteroatoms. The Hall–Kier alpha value is -2.67. The molecule has 0 aliphatic carbocycles. The molecule has 0 fully saturated rings. The predicted molar refractivity (Wildman–Crippen MR) is 75.6 cm³/mol. The molecular formula is C16H12FN3. The third-order valence-electron chi connectivity index (χ3n) is 3.44. The first-order valence-corrected chi connectivity index (χ1v) is 6.23. The summed E-state index contributed by atoms with van der Waals surface area (Å²) in [6, 6.07) is 12.5. The van der Waals surface area contributed by atoms with E-state index in [0.29, 0.717) is 17.0 Å². The molecule has 2 aromatic carbocycles. The summed E-state index contributed by atoms with van der Waals surface area (Å²) in [4.78, 5) is 4.52. The van der Waals surface area contributed by atoms with Gasteiger partial charge in [0.15, 0.2) is 0 Å². The van der Waals surface area contributed by atoms with Crippen LogP contribution in [0.4, 0.5) is 4.39 Å². The molecule has 0 amide bonds. The van der Waals surface area contributed by atoms with E-state index in [-0.39, 0.29) is 5.82 Å². The molecule has 0 spiro atoms. The van der Waals surface area contributed by atoms with Crippen LogP contribution >= 0.6 is 0 Å². The fourth-order valence-corrected chi connectivity index (χ4v) is 2.25. The topological polar surface area (TPSA) is 41.6 Å². The van der Waals surface area contributed by atoms with Crippen LogP contribution in [0.5, 0.6) is 0 Å². The van der Waals surface area contributed by atoms with Crippen molar-refractivity contribution in [1.82, 2.24) is 9.55 Å². The van der Waals surface area contributed by atoms with Gasteiger partial charge in [0.05, 0.1) is 22.7 Å². The van der Waals surface area contributed by atoms with Crippen molar-refractivity contribution < 1.29 is 4.39 Å². The van der Waals surface area contributed by atoms with Crippen LogP contribution in [0.15, 0.2) is 36.4 Å². The third kappa shape index (κ3) is 1.84. The molecule has 0 bridgehead atoms. The Bertz CT molecular complexity index is 856. The summed E-state index contributed by atoms with van der Waals surface area (Å²) in [6.07, 6.45) is 0. The van der Waals surface area contributed by atoms with Crippen LogP contribution in [-0.2, 0) is 7.05 Å². The molecule has 3 nitrogen and oxygen atoms in total. The zero-order valence-corrected chi connectivity index (χ0v) is 11.2. The SMILES string of the molecule is Cc1ccc(-c2nc3ccc(C#N)cc3n2C)cc1F. The van der Waals surface area contributed by atoms with E-state index in [4.69, 9.17) is 5.26 Å². The summed E-state index contributed by atoms with van der Waals surface area (Å²) in [7, 11) is 1.86. The molecule has 0 aliphatic heterocycles. The average molecular weight is 265 g/mol. The van der Waals surface area contributed by atoms with Gasteiger partial charge in [-0.1, -0.05) is 12.1 Å². The molecular weight excluding hydrogens is 253 g/mol. The molecule has 0 saturated heterocycles. The van der Waals surface area contributed by atoms with Gasteiger partial charge >= 0.3 is 0 Å². The zero-order chi connectivity index (χ0) is 14.3. The summed E-state index contributed by atoms with van der Waals surface area (Å²) in [6.45, 7) is 1.73. The minimum atomic E-state index is -0.243. The van der Waals surface area contributed by atoms with Crippen LogP contribution in [0, 0.1) is 24.1 Å². The standard InChI is InChI=1S/C16H12FN3/c1-10-3-5-12(8-13(10)17)16-19-14-6-4-11(9-18)7-15(14)20(16)2/h3-8H,1-2H3. The van der Waals surface area contributed by atoms with E-state index in [1.807, 2.05) is 23.7 Å². The van der Waals surface area contributed by atoms with Crippen LogP contribution in [0.1, 0.15) is 11.1 Å². The maximum atomic E-state index is 13.7. The third-order valence-corrected chi connectivity index (χ3v) is 3.44. The number of nitriles is 1. The molecule has 0 aliphatic rings. The fourth-order valence-electron chi connectivity index (χ4n) is 2.25. The van der Waals surface area contributed by atoms with Gasteiger partial charge in [0.25, 0.3) is 0 Å². The van der Waals surface area contributed by atoms with Crippen molar-refractivity contribution in [2.75, 3.05) is 0 Å². The molecule has 3 aromatic rings. The lowest BCUT2D eigenvalue weighted by Crippen LogP contribution is -1.94. The van der Waals surface area contributed by atoms with Crippen molar-refractivity contribution in [1.29, 1.82) is 5.26 Å². The summed E-state index contributed by atoms with van der Waals surface area (Å²) in [5, 5.41) is 8.95. The minimum Gasteiger partial charge on any atom is -0.327 e. The van der Waals surface area contributed by atoms with Gasteiger partial charge in [0.2, 0.25) is 0 Å². The smallest absolute Gasteiger partial charge is 0.140 e. The second kappa shape index (κ2) is 4.46. The number of aromatic nitrogens is 2. The second-order valence-electron chi connectivity index (χ2n) is 4.77. The molecule has 0 radical (unpaired) electrons. The van der Waals surface area contributed by atoms with Gasteiger partial charge in [-0.05, 0) is 36.8 Å². The van der Waals surface area contributed by atoms with Gasteiger partial charge in [-0.15, -0.1) is 0 Å². The molecule has 0 unspecified atom stereocenters. The lowest BCUT2D eigenvalue weighted by atomic mass is 10.1. The van der Waals surface area contributed by atoms with E-state index in [2.05, 4.69) is 11.1 Å². The summed E-state index contributed by atoms with van der Waals surface area (Å²) in [5.41, 5.74) is 3.58. The Balaban J connectivity index is 2.24. The Labute approximate surface area is 115 Å². The van der Waals surface area contributed by atoms with Gasteiger partial charge in [-0.3, -0.25) is 0 Å². The normalized spacial score (nSPS) is 10.7. The monoisotopic (exact) mass is 265 g/mol. The van der Waals surface area contributed by atoms with Gasteiger partial charge in [-0.2, -0.15) is 5.26 Å². The highest BCUT2D eigenvalue weighted by molar-refractivity contribution is 5.81. The van der Waals surface area contributed by atoms with Crippen molar-refractivity contribution >= 4 is 11.0 Å². The highest BCUT2D eigenvalue weighted by Gasteiger charge is 2.11. The Morgan fingerprint density at radius 2 is 2.00 bits per heavy atom. The van der Waals surface area contributed by atoms with Crippen LogP contribution in [0.3, 0.4) is 0 Å². The molecule has 1 heterocycles. The first-order chi connectivity index (χ1) is 9.60. The van der Waals surface area contributed by atoms with E-state index in [0.717, 1.165) is 16.6 Å². The van der Waals surface area contributed by atoms with Crippen molar-refractivity contribution in [3.63, 3.8) is 0 Å². The molecule has 98 valence electrons. The Morgan fingerprint density at radius 3 is 2.70 bits per heavy atom. The lowest BCUT2D eigenvalue weighted by molar-refractivity contribution is 0.619. The first-order valence-electron chi connectivity index (χ1n) is 6.23. The molecule has 0 saturated carbocycles. The summed E-state index contributed by atoms with van der Waals surface area (Å²) < 4.78 is 15.6. The van der Waals surface area contributed by atoms with Crippen molar-refractivity contribution in [3.8, 4) is 17.5 Å². The minimum absolute atomic E-state index is 0.243. The number of hydrogen-bond donors (Lipinski definition) is 0. The first kappa shape index (κ1) is 12.4. The van der Waals surface area contributed by atoms with E-state index in [1.165, 1.54) is 6.07 Å². The zero-order valence-electron chi connectivity index (χ0n) is 11.2. The Kier molecular flexibility index (Phi) is 2.76. The number of halogens is 1. The lowest BCUT2D eigenvalue weighted by Gasteiger charge is -2.04. The van der Waals surface area contributed by atoms with E-state index in [9.17, 15) is 4.39 Å². The Morgan fingerprint density at radius 1 is 1.20 bits per heavy atom. The molecule has 1 aromatic heterocycles. The number of hydrogen-bond acceptors (Lipinski definition) is 2. The molecule has 0 N–H and O–H groups in total. The highest BCUT2D eigenvalue weighted by Crippen LogP contribution is 2.25. The fraction of sp³-hybridized carbons (Fsp3) is 0.125. The highest BCUT2D eigenvalue weighted by atomic mass is 19.1. The number of nitrogens with zero attached hydrogens (tertiary/aromatic N) is 3. The maximum absolute atomic E-state index is 13.7. The van der Waals surface area contributed by atoms with Gasteiger partial charge < -0.3 is 4.57 Å².